The molecule has 4 rings (SSSR count). The highest BCUT2D eigenvalue weighted by Crippen LogP contribution is 2.35. The number of hydrogen-bond acceptors (Lipinski definition) is 2. The number of carbonyl (C=O) groups excluding carboxylic acids is 2. The number of aryl methyl sites for hydroxylation is 1. The van der Waals surface area contributed by atoms with E-state index < -0.39 is 24.2 Å². The summed E-state index contributed by atoms with van der Waals surface area (Å²) in [6, 6.07) is 21.0. The third-order valence-electron chi connectivity index (χ3n) is 6.71. The monoisotopic (exact) mass is 463 g/mol. The van der Waals surface area contributed by atoms with Gasteiger partial charge in [-0.25, -0.2) is 0 Å². The van der Waals surface area contributed by atoms with Crippen molar-refractivity contribution in [2.45, 2.75) is 70.3 Å². The predicted octanol–water partition coefficient (Wildman–Crippen LogP) is 6.91. The lowest BCUT2D eigenvalue weighted by Gasteiger charge is -2.36. The van der Waals surface area contributed by atoms with Gasteiger partial charge in [0.1, 0.15) is 0 Å². The van der Waals surface area contributed by atoms with Gasteiger partial charge in [-0.2, -0.15) is 8.78 Å². The molecular formula is C29H31F2NO2. The normalized spacial score (nSPS) is 17.6. The van der Waals surface area contributed by atoms with E-state index >= 15 is 0 Å². The van der Waals surface area contributed by atoms with Crippen molar-refractivity contribution in [3.63, 3.8) is 0 Å². The van der Waals surface area contributed by atoms with Crippen molar-refractivity contribution < 1.29 is 18.4 Å². The summed E-state index contributed by atoms with van der Waals surface area (Å²) in [5.74, 6) is -4.56. The number of carbonyl (C=O) groups is 2. The molecule has 3 aromatic carbocycles. The highest BCUT2D eigenvalue weighted by molar-refractivity contribution is 5.98. The number of fused-ring (bicyclic) bond motifs is 1. The van der Waals surface area contributed by atoms with Crippen LogP contribution in [0, 0.1) is 0 Å². The molecule has 3 nitrogen and oxygen atoms in total. The topological polar surface area (TPSA) is 37.4 Å². The Morgan fingerprint density at radius 1 is 0.971 bits per heavy atom. The molecule has 0 spiro atoms. The Hall–Kier alpha value is -3.08. The summed E-state index contributed by atoms with van der Waals surface area (Å²) in [5, 5.41) is 2.14. The van der Waals surface area contributed by atoms with E-state index in [0.717, 1.165) is 42.0 Å². The van der Waals surface area contributed by atoms with E-state index in [2.05, 4.69) is 6.92 Å². The van der Waals surface area contributed by atoms with E-state index in [0.29, 0.717) is 5.69 Å². The number of unbranched alkanes of at least 4 members (excludes halogenated alkanes) is 2. The summed E-state index contributed by atoms with van der Waals surface area (Å²) in [5.41, 5.74) is 2.70. The second-order valence-electron chi connectivity index (χ2n) is 9.27. The number of alkyl halides is 2. The summed E-state index contributed by atoms with van der Waals surface area (Å²) in [7, 11) is 0. The number of ketones is 1. The van der Waals surface area contributed by atoms with Gasteiger partial charge in [-0.3, -0.25) is 9.59 Å². The molecule has 1 amide bonds. The molecule has 0 N–H and O–H groups in total. The molecule has 0 heterocycles. The SMILES string of the molecule is CCCCCc1ccc(N(C(=O)Cc2ccc3ccccc3c2)[C@@H]2CCC(F)(F)C(=O)C2)cc1. The molecule has 5 heteroatoms. The van der Waals surface area contributed by atoms with Crippen molar-refractivity contribution in [2.24, 2.45) is 0 Å². The van der Waals surface area contributed by atoms with Crippen molar-refractivity contribution in [1.29, 1.82) is 0 Å². The van der Waals surface area contributed by atoms with Gasteiger partial charge in [-0.1, -0.05) is 74.4 Å². The van der Waals surface area contributed by atoms with Crippen LogP contribution in [-0.2, 0) is 22.4 Å². The number of hydrogen-bond donors (Lipinski definition) is 0. The second kappa shape index (κ2) is 10.5. The van der Waals surface area contributed by atoms with Gasteiger partial charge in [0.15, 0.2) is 0 Å². The van der Waals surface area contributed by atoms with Crippen LogP contribution < -0.4 is 4.90 Å². The minimum absolute atomic E-state index is 0.0977. The van der Waals surface area contributed by atoms with E-state index in [-0.39, 0.29) is 25.2 Å². The molecule has 0 aromatic heterocycles. The number of amides is 1. The minimum atomic E-state index is -3.30. The van der Waals surface area contributed by atoms with Gasteiger partial charge in [0.25, 0.3) is 0 Å². The first kappa shape index (κ1) is 24.1. The lowest BCUT2D eigenvalue weighted by atomic mass is 9.89. The first-order valence-electron chi connectivity index (χ1n) is 12.2. The first-order valence-corrected chi connectivity index (χ1v) is 12.2. The number of benzene rings is 3. The Bertz CT molecular complexity index is 1160. The maximum Gasteiger partial charge on any atom is 0.305 e. The van der Waals surface area contributed by atoms with Crippen molar-refractivity contribution in [1.82, 2.24) is 0 Å². The molecule has 1 aliphatic carbocycles. The molecule has 34 heavy (non-hydrogen) atoms. The van der Waals surface area contributed by atoms with Crippen molar-refractivity contribution in [3.8, 4) is 0 Å². The highest BCUT2D eigenvalue weighted by atomic mass is 19.3. The molecule has 0 radical (unpaired) electrons. The minimum Gasteiger partial charge on any atom is -0.309 e. The Morgan fingerprint density at radius 3 is 2.38 bits per heavy atom. The Labute approximate surface area is 199 Å². The van der Waals surface area contributed by atoms with Crippen molar-refractivity contribution in [2.75, 3.05) is 4.90 Å². The average Bonchev–Trinajstić information content (AvgIpc) is 2.83. The van der Waals surface area contributed by atoms with Gasteiger partial charge in [-0.05, 0) is 53.3 Å². The quantitative estimate of drug-likeness (QED) is 0.341. The van der Waals surface area contributed by atoms with E-state index in [1.807, 2.05) is 66.7 Å². The molecule has 178 valence electrons. The van der Waals surface area contributed by atoms with Crippen LogP contribution >= 0.6 is 0 Å². The number of halogens is 2. The zero-order valence-corrected chi connectivity index (χ0v) is 19.6. The summed E-state index contributed by atoms with van der Waals surface area (Å²) in [6.07, 6.45) is 3.77. The number of nitrogens with zero attached hydrogens (tertiary/aromatic N) is 1. The van der Waals surface area contributed by atoms with Crippen LogP contribution in [0.25, 0.3) is 10.8 Å². The van der Waals surface area contributed by atoms with Crippen LogP contribution in [0.1, 0.15) is 56.6 Å². The van der Waals surface area contributed by atoms with Crippen molar-refractivity contribution in [3.05, 3.63) is 77.9 Å². The maximum absolute atomic E-state index is 13.9. The lowest BCUT2D eigenvalue weighted by molar-refractivity contribution is -0.148. The average molecular weight is 464 g/mol. The third kappa shape index (κ3) is 5.52. The van der Waals surface area contributed by atoms with Gasteiger partial charge in [0, 0.05) is 24.6 Å². The standard InChI is InChI=1S/C29H31F2NO2/c1-2-3-4-7-21-11-14-25(15-12-21)32(26-16-17-29(30,31)27(33)20-26)28(34)19-22-10-13-23-8-5-6-9-24(23)18-22/h5-6,8-15,18,26H,2-4,7,16-17,19-20H2,1H3/t26-/m1/s1. The molecular weight excluding hydrogens is 432 g/mol. The molecule has 3 aromatic rings. The van der Waals surface area contributed by atoms with Crippen molar-refractivity contribution >= 4 is 28.2 Å². The number of anilines is 1. The molecule has 0 bridgehead atoms. The summed E-state index contributed by atoms with van der Waals surface area (Å²) >= 11 is 0. The Morgan fingerprint density at radius 2 is 1.68 bits per heavy atom. The van der Waals surface area contributed by atoms with Gasteiger partial charge >= 0.3 is 5.92 Å². The van der Waals surface area contributed by atoms with E-state index in [9.17, 15) is 18.4 Å². The molecule has 1 saturated carbocycles. The molecule has 1 atom stereocenters. The van der Waals surface area contributed by atoms with E-state index in [1.165, 1.54) is 5.56 Å². The van der Waals surface area contributed by atoms with Gasteiger partial charge < -0.3 is 4.90 Å². The Balaban J connectivity index is 1.58. The molecule has 1 fully saturated rings. The zero-order chi connectivity index (χ0) is 24.1. The number of rotatable bonds is 8. The second-order valence-corrected chi connectivity index (χ2v) is 9.27. The molecule has 0 saturated heterocycles. The van der Waals surface area contributed by atoms with Crippen LogP contribution in [-0.4, -0.2) is 23.7 Å². The Kier molecular flexibility index (Phi) is 7.40. The number of Topliss-reactive ketones (excluding diaryl/α,β-unsaturated/α-hetero) is 1. The predicted molar refractivity (Wildman–Crippen MR) is 132 cm³/mol. The summed E-state index contributed by atoms with van der Waals surface area (Å²) < 4.78 is 27.8. The molecule has 0 aliphatic heterocycles. The van der Waals surface area contributed by atoms with Gasteiger partial charge in [-0.15, -0.1) is 0 Å². The summed E-state index contributed by atoms with van der Waals surface area (Å²) in [4.78, 5) is 27.2. The maximum atomic E-state index is 13.9. The van der Waals surface area contributed by atoms with E-state index in [1.54, 1.807) is 4.90 Å². The smallest absolute Gasteiger partial charge is 0.305 e. The fourth-order valence-electron chi connectivity index (χ4n) is 4.74. The fourth-order valence-corrected chi connectivity index (χ4v) is 4.74. The highest BCUT2D eigenvalue weighted by Gasteiger charge is 2.45. The van der Waals surface area contributed by atoms with Gasteiger partial charge in [0.05, 0.1) is 6.42 Å². The first-order chi connectivity index (χ1) is 16.4. The third-order valence-corrected chi connectivity index (χ3v) is 6.71. The lowest BCUT2D eigenvalue weighted by Crippen LogP contribution is -2.49. The molecule has 0 unspecified atom stereocenters. The van der Waals surface area contributed by atoms with Crippen LogP contribution in [0.5, 0.6) is 0 Å². The van der Waals surface area contributed by atoms with Crippen LogP contribution in [0.4, 0.5) is 14.5 Å². The summed E-state index contributed by atoms with van der Waals surface area (Å²) in [6.45, 7) is 2.16. The fraction of sp³-hybridized carbons (Fsp3) is 0.379. The van der Waals surface area contributed by atoms with Gasteiger partial charge in [0.2, 0.25) is 11.7 Å². The van der Waals surface area contributed by atoms with Crippen LogP contribution in [0.3, 0.4) is 0 Å². The van der Waals surface area contributed by atoms with Crippen LogP contribution in [0.15, 0.2) is 66.7 Å². The largest absolute Gasteiger partial charge is 0.309 e. The molecule has 1 aliphatic rings. The van der Waals surface area contributed by atoms with Crippen LogP contribution in [0.2, 0.25) is 0 Å². The van der Waals surface area contributed by atoms with E-state index in [4.69, 9.17) is 0 Å². The zero-order valence-electron chi connectivity index (χ0n) is 19.6.